The molecule has 328 valence electrons. The zero-order valence-electron chi connectivity index (χ0n) is 40.0. The van der Waals surface area contributed by atoms with Gasteiger partial charge in [-0.15, -0.1) is 0 Å². The van der Waals surface area contributed by atoms with Crippen molar-refractivity contribution in [3.63, 3.8) is 0 Å². The second-order valence-corrected chi connectivity index (χ2v) is 27.3. The van der Waals surface area contributed by atoms with E-state index in [0.717, 1.165) is 0 Å². The zero-order valence-corrected chi connectivity index (χ0v) is 41.8. The summed E-state index contributed by atoms with van der Waals surface area (Å²) >= 11 is 0. The molecule has 0 saturated heterocycles. The van der Waals surface area contributed by atoms with E-state index in [-0.39, 0.29) is 0 Å². The van der Waals surface area contributed by atoms with Crippen LogP contribution in [0.4, 0.5) is 0 Å². The second kappa shape index (κ2) is 46.5. The highest BCUT2D eigenvalue weighted by Gasteiger charge is 2.35. The molecule has 0 rings (SSSR count). The van der Waals surface area contributed by atoms with Gasteiger partial charge in [-0.1, -0.05) is 197 Å². The smallest absolute Gasteiger partial charge is 0.0594 e. The molecule has 0 aliphatic carbocycles. The Labute approximate surface area is 349 Å². The fourth-order valence-electron chi connectivity index (χ4n) is 8.99. The summed E-state index contributed by atoms with van der Waals surface area (Å²) in [6.45, 7) is 18.8. The van der Waals surface area contributed by atoms with E-state index >= 15 is 0 Å². The highest BCUT2D eigenvalue weighted by molar-refractivity contribution is 7.76. The first-order valence-corrected chi connectivity index (χ1v) is 31.2. The molecular weight excluding hydrogens is 687 g/mol. The van der Waals surface area contributed by atoms with Crippen LogP contribution in [-0.4, -0.2) is 49.3 Å². The van der Waals surface area contributed by atoms with Crippen molar-refractivity contribution in [1.82, 2.24) is 0 Å². The summed E-state index contributed by atoms with van der Waals surface area (Å²) in [5.41, 5.74) is 0. The molecule has 0 amide bonds. The molecule has 0 spiro atoms. The number of hydrogen-bond acceptors (Lipinski definition) is 0. The van der Waals surface area contributed by atoms with Gasteiger partial charge in [0, 0.05) is 14.5 Å². The minimum Gasteiger partial charge on any atom is -0.0654 e. The summed E-state index contributed by atoms with van der Waals surface area (Å²) in [6, 6.07) is 0. The SMILES string of the molecule is CCCCCCCCCCCCCC[P+](CCCCCC)(CCCCCC)CCCCCC.CCCCCC[P+](CCCC)(CCCC)CCCCCC. The first-order valence-electron chi connectivity index (χ1n) is 26.2. The average Bonchev–Trinajstić information content (AvgIpc) is 3.19. The Kier molecular flexibility index (Phi) is 49.1. The topological polar surface area (TPSA) is 0 Å². The Balaban J connectivity index is 0. The van der Waals surface area contributed by atoms with Crippen molar-refractivity contribution in [2.24, 2.45) is 0 Å². The third kappa shape index (κ3) is 38.4. The lowest BCUT2D eigenvalue weighted by atomic mass is 10.1. The minimum absolute atomic E-state index is 0.610. The number of rotatable bonds is 44. The van der Waals surface area contributed by atoms with Gasteiger partial charge in [0.1, 0.15) is 0 Å². The molecule has 0 aliphatic rings. The van der Waals surface area contributed by atoms with Gasteiger partial charge in [0.2, 0.25) is 0 Å². The first kappa shape index (κ1) is 57.0. The fraction of sp³-hybridized carbons (Fsp3) is 1.00. The third-order valence-corrected chi connectivity index (χ3v) is 23.0. The van der Waals surface area contributed by atoms with Crippen LogP contribution in [0, 0.1) is 0 Å². The second-order valence-electron chi connectivity index (χ2n) is 18.4. The van der Waals surface area contributed by atoms with E-state index in [9.17, 15) is 0 Å². The van der Waals surface area contributed by atoms with Crippen molar-refractivity contribution in [2.75, 3.05) is 49.3 Å². The van der Waals surface area contributed by atoms with E-state index in [1.165, 1.54) is 205 Å². The summed E-state index contributed by atoms with van der Waals surface area (Å²) in [5, 5.41) is 0. The molecule has 0 bridgehead atoms. The monoisotopic (exact) mass is 799 g/mol. The molecule has 0 unspecified atom stereocenters. The lowest BCUT2D eigenvalue weighted by Gasteiger charge is -2.28. The quantitative estimate of drug-likeness (QED) is 0.0425. The molecule has 0 fully saturated rings. The first-order chi connectivity index (χ1) is 26.5. The average molecular weight is 799 g/mol. The standard InChI is InChI=1S/C32H68P.C20H44P/c1-5-9-13-17-18-19-20-21-22-23-24-28-32-33(29-25-14-10-6-2,30-26-15-11-7-3)31-27-16-12-8-4;1-5-9-13-15-19-21(17-11-7-3,18-12-8-4)20-16-14-10-6-2/h5-32H2,1-4H3;5-20H2,1-4H3/q2*+1. The predicted molar refractivity (Wildman–Crippen MR) is 264 cm³/mol. The van der Waals surface area contributed by atoms with E-state index in [4.69, 9.17) is 0 Å². The Morgan fingerprint density at radius 2 is 0.278 bits per heavy atom. The van der Waals surface area contributed by atoms with Crippen LogP contribution in [-0.2, 0) is 0 Å². The van der Waals surface area contributed by atoms with Crippen molar-refractivity contribution in [1.29, 1.82) is 0 Å². The van der Waals surface area contributed by atoms with Gasteiger partial charge >= 0.3 is 0 Å². The summed E-state index contributed by atoms with van der Waals surface area (Å²) < 4.78 is 0. The van der Waals surface area contributed by atoms with E-state index in [0.29, 0.717) is 0 Å². The summed E-state index contributed by atoms with van der Waals surface area (Å²) in [7, 11) is -1.31. The van der Waals surface area contributed by atoms with Gasteiger partial charge in [0.25, 0.3) is 0 Å². The zero-order chi connectivity index (χ0) is 40.1. The molecule has 0 N–H and O–H groups in total. The van der Waals surface area contributed by atoms with Gasteiger partial charge in [0.15, 0.2) is 0 Å². The van der Waals surface area contributed by atoms with Crippen LogP contribution in [0.2, 0.25) is 0 Å². The van der Waals surface area contributed by atoms with Crippen LogP contribution >= 0.6 is 14.5 Å². The predicted octanol–water partition coefficient (Wildman–Crippen LogP) is 20.2. The lowest BCUT2D eigenvalue weighted by molar-refractivity contribution is 0.548. The maximum absolute atomic E-state index is 2.38. The Bertz CT molecular complexity index is 605. The van der Waals surface area contributed by atoms with Gasteiger partial charge in [0.05, 0.1) is 49.3 Å². The molecule has 0 aliphatic heterocycles. The van der Waals surface area contributed by atoms with Gasteiger partial charge in [-0.05, 0) is 89.9 Å². The van der Waals surface area contributed by atoms with Crippen LogP contribution < -0.4 is 0 Å². The highest BCUT2D eigenvalue weighted by atomic mass is 31.2. The normalized spacial score (nSPS) is 12.0. The summed E-state index contributed by atoms with van der Waals surface area (Å²) in [5.74, 6) is 0. The molecule has 0 aromatic heterocycles. The molecule has 0 aromatic carbocycles. The molecule has 0 saturated carbocycles. The minimum atomic E-state index is -0.697. The third-order valence-electron chi connectivity index (χ3n) is 12.9. The summed E-state index contributed by atoms with van der Waals surface area (Å²) in [6.07, 6.45) is 66.1. The summed E-state index contributed by atoms with van der Waals surface area (Å²) in [4.78, 5) is 0. The molecule has 0 nitrogen and oxygen atoms in total. The molecule has 54 heavy (non-hydrogen) atoms. The highest BCUT2D eigenvalue weighted by Crippen LogP contribution is 2.62. The fourth-order valence-corrected chi connectivity index (χ4v) is 19.0. The van der Waals surface area contributed by atoms with Gasteiger partial charge in [-0.25, -0.2) is 0 Å². The van der Waals surface area contributed by atoms with Crippen LogP contribution in [0.3, 0.4) is 0 Å². The van der Waals surface area contributed by atoms with Crippen molar-refractivity contribution in [3.8, 4) is 0 Å². The molecular formula is C52H112P2+2. The Hall–Kier alpha value is 0.860. The van der Waals surface area contributed by atoms with Crippen LogP contribution in [0.1, 0.15) is 287 Å². The maximum Gasteiger partial charge on any atom is 0.0594 e. The number of unbranched alkanes of at least 4 members (excludes halogenated alkanes) is 28. The molecule has 2 heteroatoms. The van der Waals surface area contributed by atoms with E-state index in [1.807, 2.05) is 0 Å². The van der Waals surface area contributed by atoms with Crippen molar-refractivity contribution in [2.45, 2.75) is 287 Å². The van der Waals surface area contributed by atoms with Crippen molar-refractivity contribution in [3.05, 3.63) is 0 Å². The van der Waals surface area contributed by atoms with Crippen molar-refractivity contribution >= 4 is 14.5 Å². The van der Waals surface area contributed by atoms with Crippen LogP contribution in [0.15, 0.2) is 0 Å². The van der Waals surface area contributed by atoms with Gasteiger partial charge in [-0.2, -0.15) is 0 Å². The van der Waals surface area contributed by atoms with E-state index in [2.05, 4.69) is 55.4 Å². The van der Waals surface area contributed by atoms with E-state index in [1.54, 1.807) is 75.0 Å². The lowest BCUT2D eigenvalue weighted by Crippen LogP contribution is -2.13. The van der Waals surface area contributed by atoms with Crippen LogP contribution in [0.5, 0.6) is 0 Å². The molecule has 0 heterocycles. The van der Waals surface area contributed by atoms with E-state index < -0.39 is 14.5 Å². The van der Waals surface area contributed by atoms with Crippen LogP contribution in [0.25, 0.3) is 0 Å². The molecule has 0 radical (unpaired) electrons. The Morgan fingerprint density at radius 3 is 0.463 bits per heavy atom. The maximum atomic E-state index is 2.38. The van der Waals surface area contributed by atoms with Crippen molar-refractivity contribution < 1.29 is 0 Å². The van der Waals surface area contributed by atoms with Gasteiger partial charge in [-0.3, -0.25) is 0 Å². The number of hydrogen-bond donors (Lipinski definition) is 0. The largest absolute Gasteiger partial charge is 0.0654 e. The molecule has 0 aromatic rings. The Morgan fingerprint density at radius 1 is 0.148 bits per heavy atom. The van der Waals surface area contributed by atoms with Gasteiger partial charge < -0.3 is 0 Å². The molecule has 0 atom stereocenters.